The SMILES string of the molecule is COc1ccc(C(=O)NC(C(=O)N2CCCC2C(=O)NC2CC(=O)OC2OCc2ccccc2)C(C)(C)C)cc1. The van der Waals surface area contributed by atoms with Crippen LogP contribution in [-0.4, -0.2) is 66.7 Å². The van der Waals surface area contributed by atoms with Gasteiger partial charge in [-0.3, -0.25) is 19.2 Å². The van der Waals surface area contributed by atoms with Crippen LogP contribution in [0.5, 0.6) is 5.75 Å². The van der Waals surface area contributed by atoms with Crippen LogP contribution in [0.4, 0.5) is 0 Å². The molecular weight excluding hydrogens is 514 g/mol. The van der Waals surface area contributed by atoms with Crippen LogP contribution >= 0.6 is 0 Å². The molecule has 4 atom stereocenters. The number of hydrogen-bond donors (Lipinski definition) is 2. The van der Waals surface area contributed by atoms with Crippen LogP contribution in [0.1, 0.15) is 56.0 Å². The average molecular weight is 552 g/mol. The van der Waals surface area contributed by atoms with Gasteiger partial charge in [0.2, 0.25) is 18.1 Å². The van der Waals surface area contributed by atoms with Gasteiger partial charge in [0, 0.05) is 12.1 Å². The Kier molecular flexibility index (Phi) is 9.09. The third-order valence-electron chi connectivity index (χ3n) is 7.13. The third kappa shape index (κ3) is 6.98. The molecule has 4 rings (SSSR count). The number of nitrogens with zero attached hydrogens (tertiary/aromatic N) is 1. The van der Waals surface area contributed by atoms with E-state index >= 15 is 0 Å². The van der Waals surface area contributed by atoms with Gasteiger partial charge in [-0.05, 0) is 48.1 Å². The molecule has 0 bridgehead atoms. The lowest BCUT2D eigenvalue weighted by Crippen LogP contribution is -2.58. The van der Waals surface area contributed by atoms with Gasteiger partial charge in [0.25, 0.3) is 5.91 Å². The number of amides is 3. The first-order valence-corrected chi connectivity index (χ1v) is 13.5. The number of methoxy groups -OCH3 is 1. The second kappa shape index (κ2) is 12.5. The number of cyclic esters (lactones) is 1. The Labute approximate surface area is 234 Å². The molecule has 0 radical (unpaired) electrons. The molecule has 2 aromatic rings. The van der Waals surface area contributed by atoms with Crippen LogP contribution in [0.3, 0.4) is 0 Å². The van der Waals surface area contributed by atoms with Gasteiger partial charge in [0.05, 0.1) is 20.1 Å². The minimum absolute atomic E-state index is 0.0194. The monoisotopic (exact) mass is 551 g/mol. The number of likely N-dealkylation sites (tertiary alicyclic amines) is 1. The second-order valence-electron chi connectivity index (χ2n) is 11.2. The van der Waals surface area contributed by atoms with E-state index in [1.54, 1.807) is 31.4 Å². The number of carbonyl (C=O) groups excluding carboxylic acids is 4. The summed E-state index contributed by atoms with van der Waals surface area (Å²) in [4.78, 5) is 53.8. The van der Waals surface area contributed by atoms with Crippen molar-refractivity contribution in [2.24, 2.45) is 5.41 Å². The summed E-state index contributed by atoms with van der Waals surface area (Å²) < 4.78 is 16.3. The van der Waals surface area contributed by atoms with Gasteiger partial charge >= 0.3 is 5.97 Å². The summed E-state index contributed by atoms with van der Waals surface area (Å²) in [5.74, 6) is -0.944. The minimum atomic E-state index is -0.923. The zero-order chi connectivity index (χ0) is 28.9. The van der Waals surface area contributed by atoms with Gasteiger partial charge in [-0.1, -0.05) is 51.1 Å². The van der Waals surface area contributed by atoms with Crippen molar-refractivity contribution in [1.29, 1.82) is 0 Å². The lowest BCUT2D eigenvalue weighted by molar-refractivity contribution is -0.168. The minimum Gasteiger partial charge on any atom is -0.497 e. The second-order valence-corrected chi connectivity index (χ2v) is 11.2. The van der Waals surface area contributed by atoms with Crippen LogP contribution in [0.15, 0.2) is 54.6 Å². The van der Waals surface area contributed by atoms with Gasteiger partial charge < -0.3 is 29.7 Å². The van der Waals surface area contributed by atoms with Crippen molar-refractivity contribution >= 4 is 23.7 Å². The summed E-state index contributed by atoms with van der Waals surface area (Å²) in [5, 5.41) is 5.75. The Hall–Kier alpha value is -3.92. The van der Waals surface area contributed by atoms with E-state index in [4.69, 9.17) is 14.2 Å². The maximum Gasteiger partial charge on any atom is 0.310 e. The number of benzene rings is 2. The molecule has 10 heteroatoms. The standard InChI is InChI=1S/C30H37N3O7/c1-30(2,3)25(32-26(35)20-12-14-21(38-4)15-13-20)28(37)33-16-8-11-23(33)27(36)31-22-17-24(34)40-29(22)39-18-19-9-6-5-7-10-19/h5-7,9-10,12-15,22-23,25,29H,8,11,16-18H2,1-4H3,(H,31,36)(H,32,35). The van der Waals surface area contributed by atoms with Gasteiger partial charge in [-0.25, -0.2) is 0 Å². The van der Waals surface area contributed by atoms with Crippen molar-refractivity contribution in [1.82, 2.24) is 15.5 Å². The van der Waals surface area contributed by atoms with Crippen molar-refractivity contribution in [3.8, 4) is 5.75 Å². The Balaban J connectivity index is 1.42. The van der Waals surface area contributed by atoms with E-state index in [9.17, 15) is 19.2 Å². The van der Waals surface area contributed by atoms with Crippen LogP contribution in [0.25, 0.3) is 0 Å². The van der Waals surface area contributed by atoms with E-state index in [0.29, 0.717) is 30.7 Å². The highest BCUT2D eigenvalue weighted by atomic mass is 16.7. The van der Waals surface area contributed by atoms with Crippen molar-refractivity contribution in [2.75, 3.05) is 13.7 Å². The fourth-order valence-electron chi connectivity index (χ4n) is 4.91. The van der Waals surface area contributed by atoms with Crippen LogP contribution in [0, 0.1) is 5.41 Å². The molecule has 0 spiro atoms. The van der Waals surface area contributed by atoms with Crippen LogP contribution < -0.4 is 15.4 Å². The lowest BCUT2D eigenvalue weighted by atomic mass is 9.85. The van der Waals surface area contributed by atoms with Crippen molar-refractivity contribution in [3.63, 3.8) is 0 Å². The molecule has 4 unspecified atom stereocenters. The summed E-state index contributed by atoms with van der Waals surface area (Å²) in [7, 11) is 1.54. The fourth-order valence-corrected chi connectivity index (χ4v) is 4.91. The lowest BCUT2D eigenvalue weighted by Gasteiger charge is -2.35. The molecule has 10 nitrogen and oxygen atoms in total. The predicted octanol–water partition coefficient (Wildman–Crippen LogP) is 2.81. The van der Waals surface area contributed by atoms with Crippen LogP contribution in [-0.2, 0) is 30.5 Å². The zero-order valence-corrected chi connectivity index (χ0v) is 23.3. The zero-order valence-electron chi connectivity index (χ0n) is 23.3. The van der Waals surface area contributed by atoms with Crippen molar-refractivity contribution in [3.05, 3.63) is 65.7 Å². The summed E-state index contributed by atoms with van der Waals surface area (Å²) in [6.45, 7) is 6.21. The van der Waals surface area contributed by atoms with Gasteiger partial charge in [0.1, 0.15) is 23.9 Å². The molecule has 2 heterocycles. The molecule has 40 heavy (non-hydrogen) atoms. The van der Waals surface area contributed by atoms with Gasteiger partial charge in [0.15, 0.2) is 0 Å². The molecule has 2 saturated heterocycles. The summed E-state index contributed by atoms with van der Waals surface area (Å²) in [6.07, 6.45) is 0.168. The van der Waals surface area contributed by atoms with E-state index < -0.39 is 41.7 Å². The highest BCUT2D eigenvalue weighted by Crippen LogP contribution is 2.27. The Bertz CT molecular complexity index is 1210. The van der Waals surface area contributed by atoms with E-state index in [0.717, 1.165) is 5.56 Å². The molecule has 0 saturated carbocycles. The van der Waals surface area contributed by atoms with Crippen LogP contribution in [0.2, 0.25) is 0 Å². The number of hydrogen-bond acceptors (Lipinski definition) is 7. The number of esters is 1. The molecule has 0 aromatic heterocycles. The Morgan fingerprint density at radius 2 is 1.77 bits per heavy atom. The molecular formula is C30H37N3O7. The average Bonchev–Trinajstić information content (AvgIpc) is 3.56. The number of rotatable bonds is 9. The molecule has 2 aliphatic rings. The number of nitrogens with one attached hydrogen (secondary N) is 2. The van der Waals surface area contributed by atoms with Gasteiger partial charge in [-0.2, -0.15) is 0 Å². The molecule has 2 fully saturated rings. The predicted molar refractivity (Wildman–Crippen MR) is 146 cm³/mol. The van der Waals surface area contributed by atoms with E-state index in [-0.39, 0.29) is 24.8 Å². The smallest absolute Gasteiger partial charge is 0.310 e. The molecule has 0 aliphatic carbocycles. The first kappa shape index (κ1) is 29.1. The maximum absolute atomic E-state index is 13.8. The quantitative estimate of drug-likeness (QED) is 0.460. The topological polar surface area (TPSA) is 123 Å². The van der Waals surface area contributed by atoms with Crippen molar-refractivity contribution in [2.45, 2.75) is 71.1 Å². The summed E-state index contributed by atoms with van der Waals surface area (Å²) >= 11 is 0. The van der Waals surface area contributed by atoms with E-state index in [2.05, 4.69) is 10.6 Å². The first-order valence-electron chi connectivity index (χ1n) is 13.5. The Morgan fingerprint density at radius 1 is 1.07 bits per heavy atom. The molecule has 2 N–H and O–H groups in total. The first-order chi connectivity index (χ1) is 19.1. The highest BCUT2D eigenvalue weighted by molar-refractivity contribution is 5.99. The number of carbonyl (C=O) groups is 4. The highest BCUT2D eigenvalue weighted by Gasteiger charge is 2.44. The molecule has 3 amide bonds. The third-order valence-corrected chi connectivity index (χ3v) is 7.13. The normalized spacial score (nSPS) is 21.4. The van der Waals surface area contributed by atoms with E-state index in [1.165, 1.54) is 4.90 Å². The number of ether oxygens (including phenoxy) is 3. The van der Waals surface area contributed by atoms with E-state index in [1.807, 2.05) is 51.1 Å². The molecule has 2 aromatic carbocycles. The fraction of sp³-hybridized carbons (Fsp3) is 0.467. The molecule has 2 aliphatic heterocycles. The maximum atomic E-state index is 13.8. The summed E-state index contributed by atoms with van der Waals surface area (Å²) in [5.41, 5.74) is 0.685. The largest absolute Gasteiger partial charge is 0.497 e. The summed E-state index contributed by atoms with van der Waals surface area (Å²) in [6, 6.07) is 13.8. The van der Waals surface area contributed by atoms with Crippen molar-refractivity contribution < 1.29 is 33.4 Å². The molecule has 214 valence electrons. The Morgan fingerprint density at radius 3 is 2.42 bits per heavy atom. The van der Waals surface area contributed by atoms with Gasteiger partial charge in [-0.15, -0.1) is 0 Å².